The van der Waals surface area contributed by atoms with Crippen LogP contribution in [0.2, 0.25) is 0 Å². The quantitative estimate of drug-likeness (QED) is 0.493. The minimum atomic E-state index is -0.419. The van der Waals surface area contributed by atoms with Gasteiger partial charge in [0.25, 0.3) is 0 Å². The minimum Gasteiger partial charge on any atom is -0.465 e. The van der Waals surface area contributed by atoms with E-state index in [-0.39, 0.29) is 5.71 Å². The molecule has 6 heteroatoms. The smallest absolute Gasteiger partial charge is 0.338 e. The van der Waals surface area contributed by atoms with Crippen molar-refractivity contribution in [2.24, 2.45) is 5.10 Å². The molecule has 1 N–H and O–H groups in total. The van der Waals surface area contributed by atoms with Crippen molar-refractivity contribution >= 4 is 17.4 Å². The molecule has 0 heterocycles. The Balaban J connectivity index is 2.93. The molecule has 6 nitrogen and oxygen atoms in total. The van der Waals surface area contributed by atoms with Crippen molar-refractivity contribution < 1.29 is 9.53 Å². The van der Waals surface area contributed by atoms with E-state index in [0.29, 0.717) is 16.8 Å². The van der Waals surface area contributed by atoms with Crippen LogP contribution in [-0.4, -0.2) is 18.8 Å². The maximum absolute atomic E-state index is 11.3. The number of carbonyl (C=O) groups is 1. The predicted octanol–water partition coefficient (Wildman–Crippen LogP) is 1.60. The molecule has 1 rings (SSSR count). The lowest BCUT2D eigenvalue weighted by atomic mass is 10.1. The van der Waals surface area contributed by atoms with E-state index in [9.17, 15) is 4.79 Å². The van der Waals surface area contributed by atoms with Gasteiger partial charge in [0.15, 0.2) is 0 Å². The number of hydrazone groups is 1. The van der Waals surface area contributed by atoms with Crippen molar-refractivity contribution in [2.75, 3.05) is 12.5 Å². The Morgan fingerprint density at radius 3 is 2.56 bits per heavy atom. The van der Waals surface area contributed by atoms with Gasteiger partial charge in [-0.25, -0.2) is 4.79 Å². The first-order valence-electron chi connectivity index (χ1n) is 4.95. The number of carbonyl (C=O) groups excluding carboxylic acids is 1. The molecule has 1 aromatic rings. The van der Waals surface area contributed by atoms with Crippen molar-refractivity contribution in [1.29, 1.82) is 10.5 Å². The van der Waals surface area contributed by atoms with Crippen molar-refractivity contribution in [2.45, 2.75) is 6.92 Å². The van der Waals surface area contributed by atoms with Crippen LogP contribution in [0, 0.1) is 29.6 Å². The lowest BCUT2D eigenvalue weighted by molar-refractivity contribution is 0.0600. The summed E-state index contributed by atoms with van der Waals surface area (Å²) in [4.78, 5) is 11.3. The van der Waals surface area contributed by atoms with Gasteiger partial charge in [-0.15, -0.1) is 0 Å². The van der Waals surface area contributed by atoms with Gasteiger partial charge in [-0.2, -0.15) is 15.6 Å². The normalized spacial score (nSPS) is 8.67. The standard InChI is InChI=1S/C12H10N4O2/c1-8-5-9(15-16-10(6-13)7-14)3-4-11(8)12(17)18-2/h3-5,15H,1-2H3. The van der Waals surface area contributed by atoms with Crippen LogP contribution in [0.4, 0.5) is 5.69 Å². The fourth-order valence-corrected chi connectivity index (χ4v) is 1.27. The van der Waals surface area contributed by atoms with Crippen LogP contribution in [-0.2, 0) is 4.74 Å². The molecule has 0 aliphatic carbocycles. The molecular weight excluding hydrogens is 232 g/mol. The van der Waals surface area contributed by atoms with Gasteiger partial charge < -0.3 is 4.74 Å². The molecule has 90 valence electrons. The molecule has 0 aliphatic rings. The molecule has 0 unspecified atom stereocenters. The summed E-state index contributed by atoms with van der Waals surface area (Å²) in [6.45, 7) is 1.75. The molecule has 0 aliphatic heterocycles. The van der Waals surface area contributed by atoms with Crippen molar-refractivity contribution in [1.82, 2.24) is 0 Å². The van der Waals surface area contributed by atoms with Gasteiger partial charge in [0.05, 0.1) is 18.4 Å². The average molecular weight is 242 g/mol. The van der Waals surface area contributed by atoms with Gasteiger partial charge in [0, 0.05) is 0 Å². The van der Waals surface area contributed by atoms with Crippen LogP contribution in [0.15, 0.2) is 23.3 Å². The van der Waals surface area contributed by atoms with Crippen molar-refractivity contribution in [3.05, 3.63) is 29.3 Å². The number of nitrogens with zero attached hydrogens (tertiary/aromatic N) is 3. The number of benzene rings is 1. The van der Waals surface area contributed by atoms with Crippen molar-refractivity contribution in [3.63, 3.8) is 0 Å². The summed E-state index contributed by atoms with van der Waals surface area (Å²) in [5.41, 5.74) is 4.02. The van der Waals surface area contributed by atoms with Crippen molar-refractivity contribution in [3.8, 4) is 12.1 Å². The third-order valence-electron chi connectivity index (χ3n) is 2.14. The summed E-state index contributed by atoms with van der Waals surface area (Å²) in [5, 5.41) is 20.6. The first-order chi connectivity index (χ1) is 8.62. The number of hydrogen-bond acceptors (Lipinski definition) is 6. The van der Waals surface area contributed by atoms with E-state index in [2.05, 4.69) is 15.3 Å². The Morgan fingerprint density at radius 1 is 1.39 bits per heavy atom. The van der Waals surface area contributed by atoms with Gasteiger partial charge in [-0.05, 0) is 30.7 Å². The zero-order valence-electron chi connectivity index (χ0n) is 9.89. The topological polar surface area (TPSA) is 98.3 Å². The number of nitriles is 2. The molecule has 0 aromatic heterocycles. The fraction of sp³-hybridized carbons (Fsp3) is 0.167. The molecule has 18 heavy (non-hydrogen) atoms. The van der Waals surface area contributed by atoms with Gasteiger partial charge in [-0.3, -0.25) is 5.43 Å². The zero-order valence-corrected chi connectivity index (χ0v) is 9.89. The minimum absolute atomic E-state index is 0.273. The van der Waals surface area contributed by atoms with E-state index in [1.807, 2.05) is 0 Å². The van der Waals surface area contributed by atoms with Crippen LogP contribution in [0.1, 0.15) is 15.9 Å². The highest BCUT2D eigenvalue weighted by atomic mass is 16.5. The first-order valence-corrected chi connectivity index (χ1v) is 4.95. The maximum Gasteiger partial charge on any atom is 0.338 e. The largest absolute Gasteiger partial charge is 0.465 e. The molecule has 0 spiro atoms. The zero-order chi connectivity index (χ0) is 13.5. The summed E-state index contributed by atoms with van der Waals surface area (Å²) < 4.78 is 4.62. The molecule has 0 fully saturated rings. The number of methoxy groups -OCH3 is 1. The number of aryl methyl sites for hydroxylation is 1. The number of hydrogen-bond donors (Lipinski definition) is 1. The highest BCUT2D eigenvalue weighted by molar-refractivity contribution is 6.10. The van der Waals surface area contributed by atoms with Crippen LogP contribution in [0.3, 0.4) is 0 Å². The molecule has 0 atom stereocenters. The van der Waals surface area contributed by atoms with Crippen LogP contribution < -0.4 is 5.43 Å². The number of ether oxygens (including phenoxy) is 1. The number of nitrogens with one attached hydrogen (secondary N) is 1. The summed E-state index contributed by atoms with van der Waals surface area (Å²) in [5.74, 6) is -0.419. The van der Waals surface area contributed by atoms with Gasteiger partial charge in [0.1, 0.15) is 12.1 Å². The van der Waals surface area contributed by atoms with E-state index in [4.69, 9.17) is 10.5 Å². The fourth-order valence-electron chi connectivity index (χ4n) is 1.27. The third-order valence-corrected chi connectivity index (χ3v) is 2.14. The molecule has 0 amide bonds. The SMILES string of the molecule is COC(=O)c1ccc(NN=C(C#N)C#N)cc1C. The van der Waals surface area contributed by atoms with E-state index in [1.54, 1.807) is 37.3 Å². The number of anilines is 1. The Morgan fingerprint density at radius 2 is 2.06 bits per heavy atom. The monoisotopic (exact) mass is 242 g/mol. The van der Waals surface area contributed by atoms with Crippen LogP contribution >= 0.6 is 0 Å². The Labute approximate surface area is 104 Å². The summed E-state index contributed by atoms with van der Waals surface area (Å²) >= 11 is 0. The Kier molecular flexibility index (Phi) is 4.42. The maximum atomic E-state index is 11.3. The highest BCUT2D eigenvalue weighted by Gasteiger charge is 2.08. The van der Waals surface area contributed by atoms with E-state index in [1.165, 1.54) is 7.11 Å². The molecule has 0 radical (unpaired) electrons. The predicted molar refractivity (Wildman–Crippen MR) is 64.8 cm³/mol. The summed E-state index contributed by atoms with van der Waals surface area (Å²) in [7, 11) is 1.31. The molecule has 1 aromatic carbocycles. The second-order valence-corrected chi connectivity index (χ2v) is 3.32. The second-order valence-electron chi connectivity index (χ2n) is 3.32. The van der Waals surface area contributed by atoms with Crippen LogP contribution in [0.25, 0.3) is 0 Å². The molecular formula is C12H10N4O2. The average Bonchev–Trinajstić information content (AvgIpc) is 2.39. The number of esters is 1. The third kappa shape index (κ3) is 3.06. The van der Waals surface area contributed by atoms with E-state index in [0.717, 1.165) is 0 Å². The Hall–Kier alpha value is -2.86. The lowest BCUT2D eigenvalue weighted by Gasteiger charge is -2.06. The number of rotatable bonds is 3. The van der Waals surface area contributed by atoms with Gasteiger partial charge >= 0.3 is 5.97 Å². The molecule has 0 saturated carbocycles. The van der Waals surface area contributed by atoms with Gasteiger partial charge in [0.2, 0.25) is 5.71 Å². The first kappa shape index (κ1) is 13.2. The van der Waals surface area contributed by atoms with E-state index < -0.39 is 5.97 Å². The lowest BCUT2D eigenvalue weighted by Crippen LogP contribution is -2.04. The van der Waals surface area contributed by atoms with E-state index >= 15 is 0 Å². The van der Waals surface area contributed by atoms with Gasteiger partial charge in [-0.1, -0.05) is 0 Å². The second kappa shape index (κ2) is 6.02. The molecule has 0 bridgehead atoms. The molecule has 0 saturated heterocycles. The van der Waals surface area contributed by atoms with Crippen LogP contribution in [0.5, 0.6) is 0 Å². The Bertz CT molecular complexity index is 563. The summed E-state index contributed by atoms with van der Waals surface area (Å²) in [6, 6.07) is 8.11. The highest BCUT2D eigenvalue weighted by Crippen LogP contribution is 2.16. The summed E-state index contributed by atoms with van der Waals surface area (Å²) in [6.07, 6.45) is 0.